The lowest BCUT2D eigenvalue weighted by Gasteiger charge is -2.11. The van der Waals surface area contributed by atoms with E-state index in [2.05, 4.69) is 10.5 Å². The van der Waals surface area contributed by atoms with Crippen molar-refractivity contribution >= 4 is 28.1 Å². The van der Waals surface area contributed by atoms with Crippen LogP contribution in [0.4, 0.5) is 5.69 Å². The van der Waals surface area contributed by atoms with Crippen LogP contribution in [0.3, 0.4) is 0 Å². The van der Waals surface area contributed by atoms with Crippen molar-refractivity contribution in [2.24, 2.45) is 5.16 Å². The number of benzene rings is 2. The summed E-state index contributed by atoms with van der Waals surface area (Å²) in [5.74, 6) is -0.406. The summed E-state index contributed by atoms with van der Waals surface area (Å²) >= 11 is 0. The van der Waals surface area contributed by atoms with Crippen molar-refractivity contribution in [2.75, 3.05) is 5.32 Å². The van der Waals surface area contributed by atoms with Crippen molar-refractivity contribution < 1.29 is 10.0 Å². The molecule has 2 N–H and O–H groups in total. The molecule has 0 unspecified atom stereocenters. The molecule has 0 saturated heterocycles. The van der Waals surface area contributed by atoms with Crippen LogP contribution in [-0.4, -0.2) is 16.8 Å². The maximum atomic E-state index is 11.7. The molecule has 92 valence electrons. The second-order valence-corrected chi connectivity index (χ2v) is 4.12. The van der Waals surface area contributed by atoms with Crippen LogP contribution in [0.5, 0.6) is 0 Å². The Morgan fingerprint density at radius 1 is 1.22 bits per heavy atom. The fourth-order valence-corrected chi connectivity index (χ4v) is 1.80. The number of carbonyl (C=O) groups excluding carboxylic acids is 1. The van der Waals surface area contributed by atoms with Gasteiger partial charge in [0.15, 0.2) is 0 Å². The lowest BCUT2D eigenvalue weighted by molar-refractivity contribution is -0.110. The minimum absolute atomic E-state index is 0.0299. The van der Waals surface area contributed by atoms with Gasteiger partial charge >= 0.3 is 0 Å². The van der Waals surface area contributed by atoms with Gasteiger partial charge in [0.25, 0.3) is 5.91 Å². The van der Waals surface area contributed by atoms with E-state index in [1.807, 2.05) is 43.3 Å². The van der Waals surface area contributed by atoms with Crippen LogP contribution in [0.25, 0.3) is 10.8 Å². The first-order chi connectivity index (χ1) is 8.63. The number of aryl methyl sites for hydroxylation is 1. The Labute approximate surface area is 105 Å². The molecule has 2 aromatic rings. The second-order valence-electron chi connectivity index (χ2n) is 4.12. The monoisotopic (exact) mass is 242 g/mol. The van der Waals surface area contributed by atoms with Gasteiger partial charge in [0.05, 0.1) is 5.69 Å². The Morgan fingerprint density at radius 3 is 2.67 bits per heavy atom. The molecule has 0 bridgehead atoms. The largest absolute Gasteiger partial charge is 0.410 e. The maximum absolute atomic E-state index is 11.7. The minimum atomic E-state index is -0.406. The van der Waals surface area contributed by atoms with Gasteiger partial charge in [-0.05, 0) is 24.8 Å². The summed E-state index contributed by atoms with van der Waals surface area (Å²) in [6.45, 7) is 3.38. The molecule has 0 atom stereocenters. The van der Waals surface area contributed by atoms with E-state index in [1.54, 1.807) is 0 Å². The predicted octanol–water partition coefficient (Wildman–Crippen LogP) is 2.94. The van der Waals surface area contributed by atoms with Crippen LogP contribution in [0.2, 0.25) is 0 Å². The first kappa shape index (κ1) is 12.1. The number of rotatable bonds is 2. The van der Waals surface area contributed by atoms with E-state index < -0.39 is 5.91 Å². The summed E-state index contributed by atoms with van der Waals surface area (Å²) < 4.78 is 0. The summed E-state index contributed by atoms with van der Waals surface area (Å²) in [6.07, 6.45) is 0. The Kier molecular flexibility index (Phi) is 3.28. The molecule has 0 radical (unpaired) electrons. The number of nitrogens with one attached hydrogen (secondary N) is 1. The van der Waals surface area contributed by atoms with Crippen molar-refractivity contribution in [3.63, 3.8) is 0 Å². The Hall–Kier alpha value is -2.36. The molecule has 0 aromatic heterocycles. The van der Waals surface area contributed by atoms with Crippen LogP contribution >= 0.6 is 0 Å². The molecule has 0 aliphatic rings. The molecule has 4 nitrogen and oxygen atoms in total. The standard InChI is InChI=1S/C14H14N2O2/c1-9-7-8-11-5-3-4-6-12(11)13(9)15-14(17)10(2)16-18/h3-8,18H,1-2H3,(H,15,17)/b16-10-. The predicted molar refractivity (Wildman–Crippen MR) is 72.2 cm³/mol. The van der Waals surface area contributed by atoms with Gasteiger partial charge in [-0.25, -0.2) is 0 Å². The average Bonchev–Trinajstić information content (AvgIpc) is 2.41. The molecule has 4 heteroatoms. The molecule has 0 heterocycles. The van der Waals surface area contributed by atoms with Crippen molar-refractivity contribution in [1.82, 2.24) is 0 Å². The normalized spacial score (nSPS) is 11.6. The Bertz CT molecular complexity index is 633. The lowest BCUT2D eigenvalue weighted by Crippen LogP contribution is -2.20. The SMILES string of the molecule is C/C(=N/O)C(=O)Nc1c(C)ccc2ccccc12. The summed E-state index contributed by atoms with van der Waals surface area (Å²) in [5.41, 5.74) is 1.75. The van der Waals surface area contributed by atoms with Crippen molar-refractivity contribution in [2.45, 2.75) is 13.8 Å². The minimum Gasteiger partial charge on any atom is -0.410 e. The highest BCUT2D eigenvalue weighted by atomic mass is 16.4. The molecule has 0 aliphatic carbocycles. The third kappa shape index (κ3) is 2.18. The Balaban J connectivity index is 2.50. The summed E-state index contributed by atoms with van der Waals surface area (Å²) in [6, 6.07) is 11.8. The van der Waals surface area contributed by atoms with Gasteiger partial charge < -0.3 is 10.5 Å². The van der Waals surface area contributed by atoms with Gasteiger partial charge in [-0.1, -0.05) is 41.6 Å². The number of amides is 1. The van der Waals surface area contributed by atoms with Crippen LogP contribution in [0.1, 0.15) is 12.5 Å². The highest BCUT2D eigenvalue weighted by Crippen LogP contribution is 2.26. The van der Waals surface area contributed by atoms with Crippen molar-refractivity contribution in [3.05, 3.63) is 42.0 Å². The third-order valence-electron chi connectivity index (χ3n) is 2.85. The fourth-order valence-electron chi connectivity index (χ4n) is 1.80. The van der Waals surface area contributed by atoms with Crippen molar-refractivity contribution in [3.8, 4) is 0 Å². The van der Waals surface area contributed by atoms with Crippen LogP contribution in [-0.2, 0) is 4.79 Å². The number of carbonyl (C=O) groups is 1. The van der Waals surface area contributed by atoms with E-state index in [0.717, 1.165) is 22.0 Å². The first-order valence-corrected chi connectivity index (χ1v) is 5.62. The van der Waals surface area contributed by atoms with E-state index in [0.29, 0.717) is 0 Å². The zero-order valence-corrected chi connectivity index (χ0v) is 10.3. The van der Waals surface area contributed by atoms with E-state index >= 15 is 0 Å². The smallest absolute Gasteiger partial charge is 0.273 e. The lowest BCUT2D eigenvalue weighted by atomic mass is 10.0. The summed E-state index contributed by atoms with van der Waals surface area (Å²) in [5, 5.41) is 16.3. The quantitative estimate of drug-likeness (QED) is 0.483. The van der Waals surface area contributed by atoms with Gasteiger partial charge in [0, 0.05) is 5.39 Å². The van der Waals surface area contributed by atoms with Crippen LogP contribution < -0.4 is 5.32 Å². The molecule has 0 aliphatic heterocycles. The van der Waals surface area contributed by atoms with Gasteiger partial charge in [-0.2, -0.15) is 0 Å². The molecule has 1 amide bonds. The van der Waals surface area contributed by atoms with Crippen molar-refractivity contribution in [1.29, 1.82) is 0 Å². The van der Waals surface area contributed by atoms with E-state index in [9.17, 15) is 4.79 Å². The average molecular weight is 242 g/mol. The van der Waals surface area contributed by atoms with E-state index in [-0.39, 0.29) is 5.71 Å². The number of hydrogen-bond acceptors (Lipinski definition) is 3. The second kappa shape index (κ2) is 4.87. The molecular weight excluding hydrogens is 228 g/mol. The highest BCUT2D eigenvalue weighted by Gasteiger charge is 2.11. The topological polar surface area (TPSA) is 61.7 Å². The molecular formula is C14H14N2O2. The van der Waals surface area contributed by atoms with Gasteiger partial charge in [0.2, 0.25) is 0 Å². The van der Waals surface area contributed by atoms with E-state index in [1.165, 1.54) is 6.92 Å². The first-order valence-electron chi connectivity index (χ1n) is 5.62. The fraction of sp³-hybridized carbons (Fsp3) is 0.143. The van der Waals surface area contributed by atoms with Crippen LogP contribution in [0.15, 0.2) is 41.6 Å². The molecule has 2 aromatic carbocycles. The molecule has 2 rings (SSSR count). The molecule has 0 saturated carbocycles. The number of fused-ring (bicyclic) bond motifs is 1. The van der Waals surface area contributed by atoms with Crippen LogP contribution in [0, 0.1) is 6.92 Å². The summed E-state index contributed by atoms with van der Waals surface area (Å²) in [7, 11) is 0. The maximum Gasteiger partial charge on any atom is 0.273 e. The summed E-state index contributed by atoms with van der Waals surface area (Å²) in [4.78, 5) is 11.7. The van der Waals surface area contributed by atoms with Gasteiger partial charge in [-0.3, -0.25) is 4.79 Å². The van der Waals surface area contributed by atoms with Gasteiger partial charge in [-0.15, -0.1) is 0 Å². The van der Waals surface area contributed by atoms with E-state index in [4.69, 9.17) is 5.21 Å². The Morgan fingerprint density at radius 2 is 1.94 bits per heavy atom. The molecule has 0 spiro atoms. The zero-order valence-electron chi connectivity index (χ0n) is 10.3. The molecule has 0 fully saturated rings. The molecule has 18 heavy (non-hydrogen) atoms. The highest BCUT2D eigenvalue weighted by molar-refractivity contribution is 6.42. The van der Waals surface area contributed by atoms with Gasteiger partial charge in [0.1, 0.15) is 5.71 Å². The number of oxime groups is 1. The number of hydrogen-bond donors (Lipinski definition) is 2. The number of anilines is 1. The third-order valence-corrected chi connectivity index (χ3v) is 2.85. The zero-order chi connectivity index (χ0) is 13.1. The number of nitrogens with zero attached hydrogens (tertiary/aromatic N) is 1.